The summed E-state index contributed by atoms with van der Waals surface area (Å²) in [4.78, 5) is 13.3. The molecule has 0 saturated heterocycles. The van der Waals surface area contributed by atoms with Gasteiger partial charge < -0.3 is 10.6 Å². The maximum absolute atomic E-state index is 11.8. The number of nitrogens with zero attached hydrogens (tertiary/aromatic N) is 1. The number of hydrogen-bond acceptors (Lipinski definition) is 3. The molecule has 1 amide bonds. The number of nitrogens with two attached hydrogens (primary N) is 1. The third kappa shape index (κ3) is 3.32. The van der Waals surface area contributed by atoms with E-state index >= 15 is 0 Å². The Balaban J connectivity index is 2.82. The van der Waals surface area contributed by atoms with Crippen LogP contribution in [-0.2, 0) is 4.79 Å². The molecule has 0 fully saturated rings. The van der Waals surface area contributed by atoms with E-state index in [2.05, 4.69) is 0 Å². The lowest BCUT2D eigenvalue weighted by atomic mass is 10.2. The van der Waals surface area contributed by atoms with Crippen LogP contribution in [0.1, 0.15) is 6.42 Å². The van der Waals surface area contributed by atoms with Crippen molar-refractivity contribution < 1.29 is 4.79 Å². The van der Waals surface area contributed by atoms with Crippen LogP contribution in [0.3, 0.4) is 0 Å². The van der Waals surface area contributed by atoms with Gasteiger partial charge >= 0.3 is 0 Å². The SMILES string of the molecule is CSCCC(=O)N(C)c1cc(Cl)ccc1N. The van der Waals surface area contributed by atoms with Gasteiger partial charge in [0.15, 0.2) is 0 Å². The Morgan fingerprint density at radius 3 is 2.88 bits per heavy atom. The first-order valence-electron chi connectivity index (χ1n) is 4.86. The van der Waals surface area contributed by atoms with Crippen molar-refractivity contribution in [3.05, 3.63) is 23.2 Å². The molecule has 0 spiro atoms. The summed E-state index contributed by atoms with van der Waals surface area (Å²) in [6.07, 6.45) is 2.48. The Hall–Kier alpha value is -0.870. The summed E-state index contributed by atoms with van der Waals surface area (Å²) < 4.78 is 0. The van der Waals surface area contributed by atoms with Gasteiger partial charge in [0.05, 0.1) is 11.4 Å². The van der Waals surface area contributed by atoms with Crippen molar-refractivity contribution in [1.82, 2.24) is 0 Å². The molecule has 16 heavy (non-hydrogen) atoms. The van der Waals surface area contributed by atoms with Crippen molar-refractivity contribution in [2.45, 2.75) is 6.42 Å². The molecule has 0 radical (unpaired) electrons. The summed E-state index contributed by atoms with van der Waals surface area (Å²) >= 11 is 7.52. The fraction of sp³-hybridized carbons (Fsp3) is 0.364. The van der Waals surface area contributed by atoms with Crippen LogP contribution >= 0.6 is 23.4 Å². The van der Waals surface area contributed by atoms with E-state index in [1.165, 1.54) is 0 Å². The lowest BCUT2D eigenvalue weighted by molar-refractivity contribution is -0.117. The molecule has 1 rings (SSSR count). The number of halogens is 1. The molecule has 5 heteroatoms. The number of rotatable bonds is 4. The summed E-state index contributed by atoms with van der Waals surface area (Å²) in [6.45, 7) is 0. The van der Waals surface area contributed by atoms with Crippen LogP contribution in [-0.4, -0.2) is 25.0 Å². The van der Waals surface area contributed by atoms with Gasteiger partial charge in [0, 0.05) is 24.2 Å². The van der Waals surface area contributed by atoms with E-state index in [4.69, 9.17) is 17.3 Å². The molecule has 1 aromatic carbocycles. The van der Waals surface area contributed by atoms with Gasteiger partial charge in [-0.2, -0.15) is 11.8 Å². The number of carbonyl (C=O) groups excluding carboxylic acids is 1. The Kier molecular flexibility index (Phi) is 4.96. The lowest BCUT2D eigenvalue weighted by Gasteiger charge is -2.19. The second-order valence-electron chi connectivity index (χ2n) is 3.40. The second kappa shape index (κ2) is 6.01. The minimum atomic E-state index is 0.0447. The number of nitrogen functional groups attached to an aromatic ring is 1. The highest BCUT2D eigenvalue weighted by atomic mass is 35.5. The van der Waals surface area contributed by atoms with Gasteiger partial charge in [-0.05, 0) is 24.5 Å². The largest absolute Gasteiger partial charge is 0.397 e. The molecule has 3 nitrogen and oxygen atoms in total. The van der Waals surface area contributed by atoms with E-state index in [1.54, 1.807) is 41.9 Å². The van der Waals surface area contributed by atoms with Crippen molar-refractivity contribution in [3.63, 3.8) is 0 Å². The van der Waals surface area contributed by atoms with Gasteiger partial charge in [-0.25, -0.2) is 0 Å². The van der Waals surface area contributed by atoms with Gasteiger partial charge in [0.2, 0.25) is 5.91 Å². The summed E-state index contributed by atoms with van der Waals surface area (Å²) in [6, 6.07) is 5.12. The van der Waals surface area contributed by atoms with Crippen LogP contribution in [0.4, 0.5) is 11.4 Å². The number of carbonyl (C=O) groups is 1. The molecule has 0 bridgehead atoms. The number of benzene rings is 1. The van der Waals surface area contributed by atoms with Crippen molar-refractivity contribution in [1.29, 1.82) is 0 Å². The molecule has 2 N–H and O–H groups in total. The first-order chi connectivity index (χ1) is 7.56. The van der Waals surface area contributed by atoms with Gasteiger partial charge in [-0.1, -0.05) is 11.6 Å². The summed E-state index contributed by atoms with van der Waals surface area (Å²) in [7, 11) is 1.71. The fourth-order valence-corrected chi connectivity index (χ4v) is 1.84. The Morgan fingerprint density at radius 2 is 2.25 bits per heavy atom. The van der Waals surface area contributed by atoms with Gasteiger partial charge in [-0.15, -0.1) is 0 Å². The molecule has 0 aliphatic rings. The van der Waals surface area contributed by atoms with E-state index < -0.39 is 0 Å². The van der Waals surface area contributed by atoms with Crippen LogP contribution in [0, 0.1) is 0 Å². The normalized spacial score (nSPS) is 10.2. The molecular formula is C11H15ClN2OS. The predicted octanol–water partition coefficient (Wildman–Crippen LogP) is 2.64. The third-order valence-electron chi connectivity index (χ3n) is 2.25. The molecule has 0 unspecified atom stereocenters. The van der Waals surface area contributed by atoms with Crippen LogP contribution in [0.2, 0.25) is 5.02 Å². The van der Waals surface area contributed by atoms with E-state index in [0.29, 0.717) is 22.8 Å². The first-order valence-corrected chi connectivity index (χ1v) is 6.64. The van der Waals surface area contributed by atoms with Crippen LogP contribution in [0.15, 0.2) is 18.2 Å². The average Bonchev–Trinajstić information content (AvgIpc) is 2.28. The standard InChI is InChI=1S/C11H15ClN2OS/c1-14(11(15)5-6-16-2)10-7-8(12)3-4-9(10)13/h3-4,7H,5-6,13H2,1-2H3. The monoisotopic (exact) mass is 258 g/mol. The number of amides is 1. The second-order valence-corrected chi connectivity index (χ2v) is 4.82. The maximum Gasteiger partial charge on any atom is 0.227 e. The molecule has 0 aliphatic carbocycles. The summed E-state index contributed by atoms with van der Waals surface area (Å²) in [5.41, 5.74) is 7.02. The van der Waals surface area contributed by atoms with Crippen LogP contribution in [0.5, 0.6) is 0 Å². The Labute approximate surface area is 105 Å². The first kappa shape index (κ1) is 13.2. The summed E-state index contributed by atoms with van der Waals surface area (Å²) in [5.74, 6) is 0.854. The summed E-state index contributed by atoms with van der Waals surface area (Å²) in [5, 5.41) is 0.578. The van der Waals surface area contributed by atoms with E-state index in [-0.39, 0.29) is 5.91 Å². The van der Waals surface area contributed by atoms with Crippen molar-refractivity contribution in [3.8, 4) is 0 Å². The average molecular weight is 259 g/mol. The van der Waals surface area contributed by atoms with E-state index in [9.17, 15) is 4.79 Å². The molecule has 0 atom stereocenters. The quantitative estimate of drug-likeness (QED) is 0.845. The maximum atomic E-state index is 11.8. The predicted molar refractivity (Wildman–Crippen MR) is 72.3 cm³/mol. The van der Waals surface area contributed by atoms with Crippen molar-refractivity contribution in [2.75, 3.05) is 29.7 Å². The molecule has 0 heterocycles. The highest BCUT2D eigenvalue weighted by molar-refractivity contribution is 7.98. The molecule has 88 valence electrons. The molecule has 0 saturated carbocycles. The van der Waals surface area contributed by atoms with Crippen molar-refractivity contribution >= 4 is 40.6 Å². The third-order valence-corrected chi connectivity index (χ3v) is 3.10. The topological polar surface area (TPSA) is 46.3 Å². The minimum absolute atomic E-state index is 0.0447. The van der Waals surface area contributed by atoms with Gasteiger partial charge in [0.1, 0.15) is 0 Å². The van der Waals surface area contributed by atoms with E-state index in [1.807, 2.05) is 6.26 Å². The Bertz CT molecular complexity index is 384. The molecular weight excluding hydrogens is 244 g/mol. The molecule has 1 aromatic rings. The zero-order valence-corrected chi connectivity index (χ0v) is 10.9. The van der Waals surface area contributed by atoms with Crippen LogP contribution in [0.25, 0.3) is 0 Å². The zero-order chi connectivity index (χ0) is 12.1. The minimum Gasteiger partial charge on any atom is -0.397 e. The van der Waals surface area contributed by atoms with Gasteiger partial charge in [0.25, 0.3) is 0 Å². The smallest absolute Gasteiger partial charge is 0.227 e. The lowest BCUT2D eigenvalue weighted by Crippen LogP contribution is -2.27. The molecule has 0 aromatic heterocycles. The van der Waals surface area contributed by atoms with E-state index in [0.717, 1.165) is 5.75 Å². The zero-order valence-electron chi connectivity index (χ0n) is 9.37. The highest BCUT2D eigenvalue weighted by Crippen LogP contribution is 2.26. The van der Waals surface area contributed by atoms with Crippen molar-refractivity contribution in [2.24, 2.45) is 0 Å². The van der Waals surface area contributed by atoms with Gasteiger partial charge in [-0.3, -0.25) is 4.79 Å². The number of hydrogen-bond donors (Lipinski definition) is 1. The van der Waals surface area contributed by atoms with Crippen LogP contribution < -0.4 is 10.6 Å². The molecule has 0 aliphatic heterocycles. The number of thioether (sulfide) groups is 1. The number of anilines is 2. The highest BCUT2D eigenvalue weighted by Gasteiger charge is 2.13. The Morgan fingerprint density at radius 1 is 1.56 bits per heavy atom. The fourth-order valence-electron chi connectivity index (χ4n) is 1.30.